The standard InChI is InChI=1S/C49H76N6O13S.C8H14/c1-29-30(2)41(31(3)37-25-49(10,11)68-40(29)37)69(64,65)55-46(50)51-21-17-20-33(22-35(56)26-52-42(59)32-18-15-13-12-14-16-19-32)43(60)53-27-36(57)23-34(24-39(58)67-48(7,8)9)44(61)54-38(45(62)63)28-66-47(4,5)6;1-2-4-6-8-7-5-3-1/h12-13,32-34,38H,14-28H2,1-11H3,(H,52,59)(H,53,60)(H,54,61)(H,62,63)(H3,50,51,55);1-2H,3-8H2/b13-12-;2-1-. The van der Waals surface area contributed by atoms with E-state index in [1.165, 1.54) is 38.5 Å². The van der Waals surface area contributed by atoms with E-state index in [0.29, 0.717) is 41.7 Å². The fraction of sp³-hybridized carbons (Fsp3) is 0.684. The molecule has 3 amide bonds. The minimum atomic E-state index is -4.20. The zero-order valence-corrected chi connectivity index (χ0v) is 48.6. The Kier molecular flexibility index (Phi) is 26.0. The maximum Gasteiger partial charge on any atom is 0.328 e. The van der Waals surface area contributed by atoms with Crippen LogP contribution in [0.1, 0.15) is 180 Å². The molecule has 4 unspecified atom stereocenters. The van der Waals surface area contributed by atoms with E-state index < -0.39 is 106 Å². The number of hydrogen-bond donors (Lipinski definition) is 6. The van der Waals surface area contributed by atoms with Crippen molar-refractivity contribution >= 4 is 57.2 Å². The van der Waals surface area contributed by atoms with Gasteiger partial charge in [0.15, 0.2) is 17.6 Å². The molecular formula is C57H90N6O13S. The lowest BCUT2D eigenvalue weighted by Crippen LogP contribution is -2.48. The number of nitrogens with one attached hydrogen (secondary N) is 4. The Labute approximate surface area is 457 Å². The minimum Gasteiger partial charge on any atom is -0.487 e. The number of carbonyl (C=O) groups is 7. The van der Waals surface area contributed by atoms with Crippen molar-refractivity contribution in [3.63, 3.8) is 0 Å². The molecule has 2 aliphatic carbocycles. The maximum absolute atomic E-state index is 13.7. The first kappa shape index (κ1) is 65.7. The molecule has 1 aliphatic heterocycles. The van der Waals surface area contributed by atoms with Crippen molar-refractivity contribution in [2.75, 3.05) is 26.2 Å². The lowest BCUT2D eigenvalue weighted by Gasteiger charge is -2.25. The summed E-state index contributed by atoms with van der Waals surface area (Å²) in [6.07, 6.45) is 20.1. The van der Waals surface area contributed by atoms with Crippen molar-refractivity contribution in [3.8, 4) is 5.75 Å². The van der Waals surface area contributed by atoms with E-state index >= 15 is 0 Å². The first-order valence-corrected chi connectivity index (χ1v) is 28.8. The fourth-order valence-electron chi connectivity index (χ4n) is 9.26. The summed E-state index contributed by atoms with van der Waals surface area (Å²) in [5.41, 5.74) is 6.49. The third kappa shape index (κ3) is 23.9. The fourth-order valence-corrected chi connectivity index (χ4v) is 10.8. The topological polar surface area (TPSA) is 288 Å². The van der Waals surface area contributed by atoms with E-state index in [4.69, 9.17) is 19.9 Å². The minimum absolute atomic E-state index is 0.0348. The average Bonchev–Trinajstić information content (AvgIpc) is 3.63. The van der Waals surface area contributed by atoms with Crippen LogP contribution in [0.3, 0.4) is 0 Å². The summed E-state index contributed by atoms with van der Waals surface area (Å²) < 4.78 is 46.9. The number of ether oxygens (including phenoxy) is 3. The summed E-state index contributed by atoms with van der Waals surface area (Å²) in [6.45, 7) is 17.7. The van der Waals surface area contributed by atoms with Crippen molar-refractivity contribution in [1.29, 1.82) is 0 Å². The number of carbonyl (C=O) groups excluding carboxylic acids is 6. The van der Waals surface area contributed by atoms with Gasteiger partial charge in [-0.3, -0.25) is 33.8 Å². The van der Waals surface area contributed by atoms with Crippen LogP contribution in [0.4, 0.5) is 0 Å². The number of guanidine groups is 1. The highest BCUT2D eigenvalue weighted by molar-refractivity contribution is 7.90. The summed E-state index contributed by atoms with van der Waals surface area (Å²) in [5, 5.41) is 17.4. The lowest BCUT2D eigenvalue weighted by atomic mass is 9.93. The number of carboxylic acids is 1. The van der Waals surface area contributed by atoms with Crippen LogP contribution < -0.4 is 31.1 Å². The first-order chi connectivity index (χ1) is 35.9. The molecule has 0 radical (unpaired) electrons. The Morgan fingerprint density at radius 3 is 1.95 bits per heavy atom. The predicted octanol–water partition coefficient (Wildman–Crippen LogP) is 7.23. The van der Waals surface area contributed by atoms with E-state index in [0.717, 1.165) is 24.8 Å². The van der Waals surface area contributed by atoms with Crippen LogP contribution in [-0.2, 0) is 59.5 Å². The Morgan fingerprint density at radius 2 is 1.35 bits per heavy atom. The van der Waals surface area contributed by atoms with Crippen molar-refractivity contribution in [3.05, 3.63) is 46.6 Å². The largest absolute Gasteiger partial charge is 0.487 e. The smallest absolute Gasteiger partial charge is 0.328 e. The van der Waals surface area contributed by atoms with Crippen LogP contribution in [0.15, 0.2) is 34.2 Å². The number of nitrogens with two attached hydrogens (primary N) is 1. The summed E-state index contributed by atoms with van der Waals surface area (Å²) in [5.74, 6) is -7.59. The molecule has 4 rings (SSSR count). The summed E-state index contributed by atoms with van der Waals surface area (Å²) in [4.78, 5) is 96.1. The summed E-state index contributed by atoms with van der Waals surface area (Å²) in [7, 11) is -4.20. The number of amides is 3. The van der Waals surface area contributed by atoms with Crippen molar-refractivity contribution in [2.24, 2.45) is 28.5 Å². The normalized spacial score (nSPS) is 18.7. The second kappa shape index (κ2) is 30.5. The number of hydrogen-bond acceptors (Lipinski definition) is 13. The van der Waals surface area contributed by atoms with E-state index in [1.54, 1.807) is 62.3 Å². The van der Waals surface area contributed by atoms with Gasteiger partial charge in [-0.1, -0.05) is 37.1 Å². The van der Waals surface area contributed by atoms with Gasteiger partial charge in [0.05, 0.1) is 42.5 Å². The summed E-state index contributed by atoms with van der Waals surface area (Å²) >= 11 is 0. The lowest BCUT2D eigenvalue weighted by molar-refractivity contribution is -0.157. The van der Waals surface area contributed by atoms with Gasteiger partial charge in [-0.05, 0) is 163 Å². The molecule has 20 heteroatoms. The third-order valence-corrected chi connectivity index (χ3v) is 15.0. The molecular weight excluding hydrogens is 1010 g/mol. The van der Waals surface area contributed by atoms with Crippen molar-refractivity contribution < 1.29 is 61.3 Å². The Morgan fingerprint density at radius 1 is 0.766 bits per heavy atom. The molecule has 4 atom stereocenters. The molecule has 1 aromatic carbocycles. The van der Waals surface area contributed by atoms with E-state index in [2.05, 4.69) is 43.9 Å². The monoisotopic (exact) mass is 1100 g/mol. The number of esters is 1. The Hall–Kier alpha value is -5.63. The number of sulfonamides is 1. The van der Waals surface area contributed by atoms with Crippen molar-refractivity contribution in [1.82, 2.24) is 20.7 Å². The molecule has 3 aliphatic rings. The molecule has 0 bridgehead atoms. The number of benzene rings is 1. The van der Waals surface area contributed by atoms with Crippen LogP contribution >= 0.6 is 0 Å². The molecule has 19 nitrogen and oxygen atoms in total. The molecule has 1 heterocycles. The third-order valence-electron chi connectivity index (χ3n) is 13.3. The van der Waals surface area contributed by atoms with Gasteiger partial charge in [-0.15, -0.1) is 0 Å². The number of fused-ring (bicyclic) bond motifs is 1. The molecule has 0 saturated heterocycles. The van der Waals surface area contributed by atoms with Crippen LogP contribution in [0, 0.1) is 38.5 Å². The molecule has 0 fully saturated rings. The number of aliphatic imine (C=N–C) groups is 1. The highest BCUT2D eigenvalue weighted by Crippen LogP contribution is 2.43. The summed E-state index contributed by atoms with van der Waals surface area (Å²) in [6, 6.07) is -1.50. The Bertz CT molecular complexity index is 2420. The van der Waals surface area contributed by atoms with E-state index in [9.17, 15) is 47.1 Å². The van der Waals surface area contributed by atoms with Crippen LogP contribution in [0.5, 0.6) is 5.75 Å². The van der Waals surface area contributed by atoms with E-state index in [1.807, 2.05) is 19.9 Å². The van der Waals surface area contributed by atoms with Gasteiger partial charge >= 0.3 is 11.9 Å². The number of ketones is 2. The van der Waals surface area contributed by atoms with Gasteiger partial charge in [0.1, 0.15) is 17.0 Å². The van der Waals surface area contributed by atoms with Gasteiger partial charge in [0.2, 0.25) is 23.7 Å². The SMILES string of the molecule is C1=C\CCCCCC/1.Cc1c(C)c(S(=O)(=O)NC(N)=NCCCC(CC(=O)CNC(=O)C2CC/C=C\CCC2)C(=O)NCC(=O)CC(CC(=O)OC(C)(C)C)C(=O)NC(COC(C)(C)C)C(=O)O)c(C)c2c1OC(C)(C)C2. The second-order valence-electron chi connectivity index (χ2n) is 23.1. The molecule has 0 saturated carbocycles. The van der Waals surface area contributed by atoms with Crippen LogP contribution in [0.2, 0.25) is 0 Å². The number of Topliss-reactive ketones (excluding diaryl/α,β-unsaturated/α-hetero) is 2. The van der Waals surface area contributed by atoms with Gasteiger partial charge < -0.3 is 41.0 Å². The maximum atomic E-state index is 13.7. The molecule has 0 aromatic heterocycles. The molecule has 432 valence electrons. The Balaban J connectivity index is 0.00000178. The number of carboxylic acid groups (broad SMARTS) is 1. The first-order valence-electron chi connectivity index (χ1n) is 27.3. The zero-order valence-electron chi connectivity index (χ0n) is 47.7. The molecule has 0 spiro atoms. The molecule has 77 heavy (non-hydrogen) atoms. The van der Waals surface area contributed by atoms with Gasteiger partial charge in [0.25, 0.3) is 10.0 Å². The number of aliphatic carboxylic acids is 1. The van der Waals surface area contributed by atoms with Crippen LogP contribution in [-0.4, -0.2) is 110 Å². The highest BCUT2D eigenvalue weighted by Gasteiger charge is 2.37. The molecule has 1 aromatic rings. The zero-order chi connectivity index (χ0) is 57.7. The number of rotatable bonds is 23. The van der Waals surface area contributed by atoms with Gasteiger partial charge in [0, 0.05) is 43.2 Å². The van der Waals surface area contributed by atoms with Crippen molar-refractivity contribution in [2.45, 2.75) is 213 Å². The van der Waals surface area contributed by atoms with Gasteiger partial charge in [-0.25, -0.2) is 17.9 Å². The quantitative estimate of drug-likeness (QED) is 0.0207. The predicted molar refractivity (Wildman–Crippen MR) is 296 cm³/mol. The van der Waals surface area contributed by atoms with Gasteiger partial charge in [-0.2, -0.15) is 0 Å². The number of nitrogens with zero attached hydrogens (tertiary/aromatic N) is 1. The highest BCUT2D eigenvalue weighted by atomic mass is 32.2. The average molecular weight is 1100 g/mol. The number of allylic oxidation sites excluding steroid dienone is 4. The molecule has 7 N–H and O–H groups in total. The second-order valence-corrected chi connectivity index (χ2v) is 24.8. The van der Waals surface area contributed by atoms with Crippen LogP contribution in [0.25, 0.3) is 0 Å². The van der Waals surface area contributed by atoms with E-state index in [-0.39, 0.29) is 55.0 Å².